The van der Waals surface area contributed by atoms with Crippen LogP contribution in [0.5, 0.6) is 0 Å². The van der Waals surface area contributed by atoms with E-state index in [0.29, 0.717) is 63.4 Å². The van der Waals surface area contributed by atoms with Crippen molar-refractivity contribution in [2.45, 2.75) is 51.6 Å². The van der Waals surface area contributed by atoms with E-state index in [0.717, 1.165) is 12.8 Å². The van der Waals surface area contributed by atoms with E-state index in [1.165, 1.54) is 0 Å². The smallest absolute Gasteiger partial charge is 0.328 e. The number of ether oxygens (including phenoxy) is 2. The number of rotatable bonds is 8. The van der Waals surface area contributed by atoms with Crippen LogP contribution >= 0.6 is 0 Å². The normalized spacial score (nSPS) is 19.3. The predicted molar refractivity (Wildman–Crippen MR) is 160 cm³/mol. The second kappa shape index (κ2) is 22.6. The quantitative estimate of drug-likeness (QED) is 0.0818. The Kier molecular flexibility index (Phi) is 20.7. The first-order valence-corrected chi connectivity index (χ1v) is 14.6. The molecule has 2 fully saturated rings. The molecule has 0 aliphatic carbocycles. The van der Waals surface area contributed by atoms with Crippen LogP contribution in [-0.4, -0.2) is 132 Å². The topological polar surface area (TPSA) is 185 Å². The third-order valence-corrected chi connectivity index (χ3v) is 7.14. The molecule has 4 rings (SSSR count). The molecule has 0 spiro atoms. The zero-order chi connectivity index (χ0) is 32.5. The second-order valence-corrected chi connectivity index (χ2v) is 10.1. The fourth-order valence-corrected chi connectivity index (χ4v) is 5.19. The number of nitrogens with zero attached hydrogens (tertiary/aromatic N) is 4. The van der Waals surface area contributed by atoms with Gasteiger partial charge in [-0.15, -0.1) is 0 Å². The van der Waals surface area contributed by atoms with Crippen molar-refractivity contribution in [1.29, 1.82) is 0 Å². The summed E-state index contributed by atoms with van der Waals surface area (Å²) < 4.78 is 13.5. The molecular formula is C30H42Cl2N6O8. The molecule has 4 aliphatic heterocycles. The van der Waals surface area contributed by atoms with E-state index in [1.807, 2.05) is 11.9 Å². The van der Waals surface area contributed by atoms with E-state index in [-0.39, 0.29) is 61.7 Å². The minimum absolute atomic E-state index is 0. The van der Waals surface area contributed by atoms with Gasteiger partial charge in [0.1, 0.15) is 35.1 Å². The summed E-state index contributed by atoms with van der Waals surface area (Å²) >= 11 is 0. The Morgan fingerprint density at radius 1 is 0.761 bits per heavy atom. The van der Waals surface area contributed by atoms with Gasteiger partial charge in [-0.1, -0.05) is 0 Å². The first-order valence-electron chi connectivity index (χ1n) is 14.6. The van der Waals surface area contributed by atoms with Gasteiger partial charge in [-0.2, -0.15) is 0 Å². The third-order valence-electron chi connectivity index (χ3n) is 7.14. The van der Waals surface area contributed by atoms with Gasteiger partial charge in [0.05, 0.1) is 13.2 Å². The molecule has 46 heavy (non-hydrogen) atoms. The summed E-state index contributed by atoms with van der Waals surface area (Å²) in [4.78, 5) is 72.9. The van der Waals surface area contributed by atoms with Crippen LogP contribution < -0.4 is 36.5 Å². The maximum atomic E-state index is 12.4. The van der Waals surface area contributed by atoms with Crippen LogP contribution in [0.1, 0.15) is 39.5 Å². The summed E-state index contributed by atoms with van der Waals surface area (Å²) in [7, 11) is 0. The van der Waals surface area contributed by atoms with Crippen molar-refractivity contribution in [1.82, 2.24) is 9.80 Å². The molecule has 0 bridgehead atoms. The number of hydrogen-bond donors (Lipinski definition) is 2. The molecule has 0 aromatic heterocycles. The highest BCUT2D eigenvalue weighted by Gasteiger charge is 2.37. The average molecular weight is 686 g/mol. The Morgan fingerprint density at radius 2 is 1.13 bits per heavy atom. The molecule has 2 saturated heterocycles. The van der Waals surface area contributed by atoms with E-state index < -0.39 is 12.1 Å². The molecule has 254 valence electrons. The lowest BCUT2D eigenvalue weighted by Crippen LogP contribution is -3.00. The van der Waals surface area contributed by atoms with Crippen LogP contribution in [0, 0.1) is 0 Å². The first kappa shape index (κ1) is 42.1. The van der Waals surface area contributed by atoms with E-state index >= 15 is 0 Å². The standard InChI is InChI=1S/2C15H19N2O4.2ClH.H4N2/c2*1-2-21-15(20)13-6-4-8-17(13)14(19)10-16-7-3-5-12(9-16)11-18;;;1-2/h2*3,5,7,13H,2,4,6,8-10H2,1H3;2*1H;1-2H2/q2*+1;;;/p-2. The van der Waals surface area contributed by atoms with Crippen molar-refractivity contribution >= 4 is 48.1 Å². The number of allylic oxidation sites excluding steroid dienone is 2. The molecule has 4 heterocycles. The molecule has 14 nitrogen and oxygen atoms in total. The molecule has 4 aliphatic rings. The van der Waals surface area contributed by atoms with E-state index in [1.54, 1.807) is 69.5 Å². The number of carbonyl (C=O) groups excluding carboxylic acids is 6. The number of carbonyl (C=O) groups is 4. The molecule has 0 radical (unpaired) electrons. The minimum atomic E-state index is -0.473. The van der Waals surface area contributed by atoms with Gasteiger partial charge >= 0.3 is 11.9 Å². The van der Waals surface area contributed by atoms with E-state index in [2.05, 4.69) is 11.7 Å². The highest BCUT2D eigenvalue weighted by atomic mass is 35.5. The average Bonchev–Trinajstić information content (AvgIpc) is 3.74. The molecule has 4 N–H and O–H groups in total. The zero-order valence-electron chi connectivity index (χ0n) is 26.1. The summed E-state index contributed by atoms with van der Waals surface area (Å²) in [6, 6.07) is -0.947. The van der Waals surface area contributed by atoms with Crippen molar-refractivity contribution < 1.29 is 72.2 Å². The maximum absolute atomic E-state index is 12.4. The van der Waals surface area contributed by atoms with Gasteiger partial charge in [-0.05, 0) is 51.7 Å². The van der Waals surface area contributed by atoms with Crippen LogP contribution in [-0.2, 0) is 38.2 Å². The largest absolute Gasteiger partial charge is 1.00 e. The lowest BCUT2D eigenvalue weighted by atomic mass is 10.2. The molecular weight excluding hydrogens is 643 g/mol. The Balaban J connectivity index is 0.000000802. The highest BCUT2D eigenvalue weighted by molar-refractivity contribution is 5.87. The number of hydrogen-bond acceptors (Lipinski definition) is 10. The number of halogens is 2. The highest BCUT2D eigenvalue weighted by Crippen LogP contribution is 2.20. The summed E-state index contributed by atoms with van der Waals surface area (Å²) in [6.45, 7) is 6.29. The molecule has 2 amide bonds. The van der Waals surface area contributed by atoms with Gasteiger partial charge in [-0.25, -0.2) is 28.3 Å². The van der Waals surface area contributed by atoms with Gasteiger partial charge in [-0.3, -0.25) is 21.3 Å². The Hall–Kier alpha value is -3.90. The first-order chi connectivity index (χ1) is 21.3. The van der Waals surface area contributed by atoms with Crippen LogP contribution in [0.25, 0.3) is 0 Å². The molecule has 2 unspecified atom stereocenters. The lowest BCUT2D eigenvalue weighted by Gasteiger charge is -2.22. The Bertz CT molecular complexity index is 1200. The zero-order valence-corrected chi connectivity index (χ0v) is 27.6. The Labute approximate surface area is 280 Å². The van der Waals surface area contributed by atoms with E-state index in [4.69, 9.17) is 9.47 Å². The minimum Gasteiger partial charge on any atom is -1.00 e. The van der Waals surface area contributed by atoms with Gasteiger partial charge < -0.3 is 44.1 Å². The second-order valence-electron chi connectivity index (χ2n) is 10.1. The van der Waals surface area contributed by atoms with E-state index in [9.17, 15) is 28.8 Å². The predicted octanol–water partition coefficient (Wildman–Crippen LogP) is -7.27. The molecule has 2 atom stereocenters. The van der Waals surface area contributed by atoms with Gasteiger partial charge in [0.15, 0.2) is 25.5 Å². The third kappa shape index (κ3) is 12.5. The summed E-state index contributed by atoms with van der Waals surface area (Å²) in [5, 5.41) is 0. The van der Waals surface area contributed by atoms with Gasteiger partial charge in [0, 0.05) is 25.2 Å². The van der Waals surface area contributed by atoms with Crippen molar-refractivity contribution in [3.8, 4) is 0 Å². The number of esters is 2. The summed E-state index contributed by atoms with van der Waals surface area (Å²) in [6.07, 6.45) is 13.2. The van der Waals surface area contributed by atoms with Crippen LogP contribution in [0.15, 0.2) is 35.5 Å². The van der Waals surface area contributed by atoms with Gasteiger partial charge in [0.2, 0.25) is 13.1 Å². The van der Waals surface area contributed by atoms with Gasteiger partial charge in [0.25, 0.3) is 11.8 Å². The van der Waals surface area contributed by atoms with Crippen LogP contribution in [0.2, 0.25) is 0 Å². The lowest BCUT2D eigenvalue weighted by molar-refractivity contribution is -0.504. The molecule has 0 aromatic rings. The van der Waals surface area contributed by atoms with Crippen LogP contribution in [0.3, 0.4) is 0 Å². The number of likely N-dealkylation sites (tertiary alicyclic amines) is 2. The fraction of sp³-hybridized carbons (Fsp3) is 0.533. The monoisotopic (exact) mass is 684 g/mol. The van der Waals surface area contributed by atoms with Crippen molar-refractivity contribution in [2.24, 2.45) is 11.7 Å². The molecule has 16 heteroatoms. The number of amides is 2. The number of nitrogens with two attached hydrogens (primary N) is 2. The van der Waals surface area contributed by atoms with Crippen LogP contribution in [0.4, 0.5) is 0 Å². The molecule has 0 saturated carbocycles. The fourth-order valence-electron chi connectivity index (χ4n) is 5.19. The SMILES string of the molecule is CCOC(=O)C1CCCN1C(=O)C[N+]1=CC=CC(=C=O)C1.CCOC(=O)C1CCCN1C(=O)C[N+]1=CC=CC(=C=O)C1.NN.[Cl-].[Cl-]. The van der Waals surface area contributed by atoms with Crippen molar-refractivity contribution in [2.75, 3.05) is 52.5 Å². The maximum Gasteiger partial charge on any atom is 0.328 e. The number of hydrazine groups is 1. The Morgan fingerprint density at radius 3 is 1.46 bits per heavy atom. The van der Waals surface area contributed by atoms with Crippen molar-refractivity contribution in [3.05, 3.63) is 35.5 Å². The molecule has 0 aromatic carbocycles. The summed E-state index contributed by atoms with van der Waals surface area (Å²) in [5.41, 5.74) is 1.02. The van der Waals surface area contributed by atoms with Crippen molar-refractivity contribution in [3.63, 3.8) is 0 Å². The summed E-state index contributed by atoms with van der Waals surface area (Å²) in [5.74, 6) is 10.8.